The van der Waals surface area contributed by atoms with Crippen molar-refractivity contribution in [2.45, 2.75) is 6.92 Å². The minimum atomic E-state index is -0.302. The highest BCUT2D eigenvalue weighted by molar-refractivity contribution is 5.49. The van der Waals surface area contributed by atoms with Crippen LogP contribution in [-0.2, 0) is 0 Å². The van der Waals surface area contributed by atoms with Gasteiger partial charge in [0.15, 0.2) is 0 Å². The lowest BCUT2D eigenvalue weighted by Crippen LogP contribution is -1.85. The number of aryl methyl sites for hydroxylation is 1. The van der Waals surface area contributed by atoms with Gasteiger partial charge in [0, 0.05) is 11.1 Å². The Bertz CT molecular complexity index is 684. The van der Waals surface area contributed by atoms with Crippen LogP contribution in [0.15, 0.2) is 42.5 Å². The van der Waals surface area contributed by atoms with Gasteiger partial charge in [0.2, 0.25) is 0 Å². The zero-order valence-electron chi connectivity index (χ0n) is 9.87. The van der Waals surface area contributed by atoms with E-state index in [0.29, 0.717) is 11.1 Å². The molecule has 2 aromatic carbocycles. The van der Waals surface area contributed by atoms with E-state index in [9.17, 15) is 4.39 Å². The average Bonchev–Trinajstić information content (AvgIpc) is 2.38. The molecule has 0 aliphatic rings. The first-order valence-electron chi connectivity index (χ1n) is 5.47. The van der Waals surface area contributed by atoms with Gasteiger partial charge in [0.1, 0.15) is 5.82 Å². The Morgan fingerprint density at radius 3 is 2.56 bits per heavy atom. The minimum absolute atomic E-state index is 0.302. The van der Waals surface area contributed by atoms with Gasteiger partial charge in [0.25, 0.3) is 0 Å². The van der Waals surface area contributed by atoms with Crippen LogP contribution in [0.1, 0.15) is 22.3 Å². The molecule has 0 amide bonds. The van der Waals surface area contributed by atoms with Crippen molar-refractivity contribution in [1.82, 2.24) is 0 Å². The molecule has 0 radical (unpaired) electrons. The Morgan fingerprint density at radius 1 is 1.00 bits per heavy atom. The average molecular weight is 235 g/mol. The predicted octanol–water partition coefficient (Wildman–Crippen LogP) is 3.41. The number of nitrogens with zero attached hydrogens (tertiary/aromatic N) is 1. The van der Waals surface area contributed by atoms with Crippen molar-refractivity contribution in [2.75, 3.05) is 0 Å². The van der Waals surface area contributed by atoms with E-state index in [0.717, 1.165) is 11.1 Å². The molecule has 0 atom stereocenters. The monoisotopic (exact) mass is 235 g/mol. The van der Waals surface area contributed by atoms with Gasteiger partial charge in [-0.1, -0.05) is 24.0 Å². The summed E-state index contributed by atoms with van der Waals surface area (Å²) < 4.78 is 13.0. The van der Waals surface area contributed by atoms with E-state index in [-0.39, 0.29) is 5.82 Å². The van der Waals surface area contributed by atoms with Gasteiger partial charge in [-0.3, -0.25) is 0 Å². The number of halogens is 1. The Balaban J connectivity index is 2.38. The van der Waals surface area contributed by atoms with Crippen LogP contribution in [0.5, 0.6) is 0 Å². The molecule has 0 aliphatic carbocycles. The maximum absolute atomic E-state index is 13.0. The van der Waals surface area contributed by atoms with Crippen molar-refractivity contribution in [3.05, 3.63) is 70.5 Å². The second kappa shape index (κ2) is 5.17. The van der Waals surface area contributed by atoms with Crippen LogP contribution in [0.3, 0.4) is 0 Å². The smallest absolute Gasteiger partial charge is 0.124 e. The summed E-state index contributed by atoms with van der Waals surface area (Å²) >= 11 is 0. The molecule has 0 bridgehead atoms. The first kappa shape index (κ1) is 11.9. The predicted molar refractivity (Wildman–Crippen MR) is 68.3 cm³/mol. The van der Waals surface area contributed by atoms with Gasteiger partial charge in [-0.05, 0) is 42.8 Å². The lowest BCUT2D eigenvalue weighted by atomic mass is 10.1. The highest BCUT2D eigenvalue weighted by atomic mass is 19.1. The summed E-state index contributed by atoms with van der Waals surface area (Å²) in [6.45, 7) is 1.93. The fourth-order valence-electron chi connectivity index (χ4n) is 1.53. The Morgan fingerprint density at radius 2 is 1.83 bits per heavy atom. The van der Waals surface area contributed by atoms with E-state index in [2.05, 4.69) is 17.9 Å². The Kier molecular flexibility index (Phi) is 3.41. The fraction of sp³-hybridized carbons (Fsp3) is 0.0625. The molecule has 0 N–H and O–H groups in total. The van der Waals surface area contributed by atoms with E-state index < -0.39 is 0 Å². The molecule has 0 fully saturated rings. The van der Waals surface area contributed by atoms with Crippen LogP contribution >= 0.6 is 0 Å². The number of hydrogen-bond acceptors (Lipinski definition) is 1. The summed E-state index contributed by atoms with van der Waals surface area (Å²) in [6.07, 6.45) is 0. The third-order valence-electron chi connectivity index (χ3n) is 2.53. The van der Waals surface area contributed by atoms with E-state index in [1.165, 1.54) is 12.1 Å². The van der Waals surface area contributed by atoms with E-state index >= 15 is 0 Å². The molecule has 0 heterocycles. The van der Waals surface area contributed by atoms with Crippen molar-refractivity contribution in [3.63, 3.8) is 0 Å². The van der Waals surface area contributed by atoms with Crippen molar-refractivity contribution in [3.8, 4) is 17.9 Å². The highest BCUT2D eigenvalue weighted by Crippen LogP contribution is 2.10. The van der Waals surface area contributed by atoms with Gasteiger partial charge < -0.3 is 0 Å². The van der Waals surface area contributed by atoms with Crippen molar-refractivity contribution < 1.29 is 4.39 Å². The van der Waals surface area contributed by atoms with Gasteiger partial charge in [-0.15, -0.1) is 0 Å². The second-order valence-corrected chi connectivity index (χ2v) is 3.90. The molecule has 0 aliphatic heterocycles. The SMILES string of the molecule is Cc1ccc(C#N)cc1C#Cc1cccc(F)c1. The molecule has 1 nitrogen and oxygen atoms in total. The van der Waals surface area contributed by atoms with Crippen molar-refractivity contribution in [1.29, 1.82) is 5.26 Å². The maximum Gasteiger partial charge on any atom is 0.124 e. The van der Waals surface area contributed by atoms with Crippen LogP contribution in [0, 0.1) is 35.9 Å². The van der Waals surface area contributed by atoms with Crippen LogP contribution in [0.4, 0.5) is 4.39 Å². The molecule has 2 heteroatoms. The molecule has 2 aromatic rings. The molecule has 0 unspecified atom stereocenters. The van der Waals surface area contributed by atoms with Crippen LogP contribution in [0.2, 0.25) is 0 Å². The van der Waals surface area contributed by atoms with E-state index in [1.54, 1.807) is 24.3 Å². The van der Waals surface area contributed by atoms with E-state index in [4.69, 9.17) is 5.26 Å². The van der Waals surface area contributed by atoms with Crippen LogP contribution < -0.4 is 0 Å². The zero-order chi connectivity index (χ0) is 13.0. The molecular weight excluding hydrogens is 225 g/mol. The number of rotatable bonds is 0. The summed E-state index contributed by atoms with van der Waals surface area (Å²) in [5, 5.41) is 8.83. The topological polar surface area (TPSA) is 23.8 Å². The number of benzene rings is 2. The molecule has 2 rings (SSSR count). The van der Waals surface area contributed by atoms with E-state index in [1.807, 2.05) is 13.0 Å². The molecule has 0 spiro atoms. The highest BCUT2D eigenvalue weighted by Gasteiger charge is 1.97. The van der Waals surface area contributed by atoms with Gasteiger partial charge >= 0.3 is 0 Å². The number of hydrogen-bond donors (Lipinski definition) is 0. The molecule has 0 saturated carbocycles. The Labute approximate surface area is 106 Å². The summed E-state index contributed by atoms with van der Waals surface area (Å²) in [5.74, 6) is 5.56. The van der Waals surface area contributed by atoms with Gasteiger partial charge in [-0.2, -0.15) is 5.26 Å². The standard InChI is InChI=1S/C16H10FN/c1-12-5-6-14(11-18)9-15(12)8-7-13-3-2-4-16(17)10-13/h2-6,9-10H,1H3. The van der Waals surface area contributed by atoms with Gasteiger partial charge in [0.05, 0.1) is 11.6 Å². The zero-order valence-corrected chi connectivity index (χ0v) is 9.87. The second-order valence-electron chi connectivity index (χ2n) is 3.90. The Hall–Kier alpha value is -2.58. The largest absolute Gasteiger partial charge is 0.207 e. The fourth-order valence-corrected chi connectivity index (χ4v) is 1.53. The minimum Gasteiger partial charge on any atom is -0.207 e. The molecule has 18 heavy (non-hydrogen) atoms. The molecule has 0 saturated heterocycles. The van der Waals surface area contributed by atoms with Crippen LogP contribution in [0.25, 0.3) is 0 Å². The quantitative estimate of drug-likeness (QED) is 0.642. The first-order chi connectivity index (χ1) is 8.69. The third-order valence-corrected chi connectivity index (χ3v) is 2.53. The first-order valence-corrected chi connectivity index (χ1v) is 5.47. The van der Waals surface area contributed by atoms with Crippen molar-refractivity contribution in [2.24, 2.45) is 0 Å². The summed E-state index contributed by atoms with van der Waals surface area (Å²) in [7, 11) is 0. The molecular formula is C16H10FN. The lowest BCUT2D eigenvalue weighted by Gasteiger charge is -1.97. The normalized spacial score (nSPS) is 9.17. The lowest BCUT2D eigenvalue weighted by molar-refractivity contribution is 0.627. The third kappa shape index (κ3) is 2.75. The molecule has 0 aromatic heterocycles. The van der Waals surface area contributed by atoms with Gasteiger partial charge in [-0.25, -0.2) is 4.39 Å². The van der Waals surface area contributed by atoms with Crippen molar-refractivity contribution >= 4 is 0 Å². The summed E-state index contributed by atoms with van der Waals surface area (Å²) in [6, 6.07) is 13.6. The van der Waals surface area contributed by atoms with Crippen LogP contribution in [-0.4, -0.2) is 0 Å². The maximum atomic E-state index is 13.0. The summed E-state index contributed by atoms with van der Waals surface area (Å²) in [4.78, 5) is 0. The molecule has 86 valence electrons. The number of nitriles is 1. The summed E-state index contributed by atoms with van der Waals surface area (Å²) in [5.41, 5.74) is 2.98.